The van der Waals surface area contributed by atoms with Gasteiger partial charge in [-0.05, 0) is 24.3 Å². The molecule has 4 rings (SSSR count). The van der Waals surface area contributed by atoms with Crippen LogP contribution >= 0.6 is 0 Å². The van der Waals surface area contributed by atoms with Gasteiger partial charge in [0.25, 0.3) is 6.29 Å². The van der Waals surface area contributed by atoms with Gasteiger partial charge in [-0.2, -0.15) is 0 Å². The number of Topliss-reactive ketones (excluding diaryl/α,β-unsaturated/α-hetero) is 1. The van der Waals surface area contributed by atoms with E-state index in [1.807, 2.05) is 36.4 Å². The van der Waals surface area contributed by atoms with Crippen LogP contribution < -0.4 is 14.8 Å². The van der Waals surface area contributed by atoms with Gasteiger partial charge in [0.1, 0.15) is 11.5 Å². The highest BCUT2D eigenvalue weighted by Crippen LogP contribution is 2.35. The van der Waals surface area contributed by atoms with Crippen LogP contribution in [0.5, 0.6) is 11.5 Å². The summed E-state index contributed by atoms with van der Waals surface area (Å²) in [7, 11) is 0. The first-order valence-corrected chi connectivity index (χ1v) is 6.35. The average molecular weight is 265 g/mol. The third-order valence-electron chi connectivity index (χ3n) is 3.39. The number of para-hydroxylation sites is 3. The molecule has 0 fully saturated rings. The molecule has 0 amide bonds. The summed E-state index contributed by atoms with van der Waals surface area (Å²) in [5.74, 6) is 1.15. The van der Waals surface area contributed by atoms with Gasteiger partial charge >= 0.3 is 0 Å². The van der Waals surface area contributed by atoms with E-state index < -0.39 is 6.29 Å². The molecule has 0 spiro atoms. The van der Waals surface area contributed by atoms with Crippen LogP contribution in [0.2, 0.25) is 0 Å². The highest BCUT2D eigenvalue weighted by molar-refractivity contribution is 6.12. The van der Waals surface area contributed by atoms with Gasteiger partial charge in [-0.15, -0.1) is 0 Å². The second kappa shape index (κ2) is 4.13. The van der Waals surface area contributed by atoms with Gasteiger partial charge in [-0.25, -0.2) is 0 Å². The minimum Gasteiger partial charge on any atom is -0.450 e. The first kappa shape index (κ1) is 11.1. The molecule has 0 bridgehead atoms. The van der Waals surface area contributed by atoms with E-state index in [9.17, 15) is 4.79 Å². The molecule has 2 aliphatic heterocycles. The molecule has 0 saturated carbocycles. The Labute approximate surface area is 115 Å². The fourth-order valence-corrected chi connectivity index (χ4v) is 2.38. The number of carbonyl (C=O) groups is 1. The lowest BCUT2D eigenvalue weighted by Crippen LogP contribution is -2.34. The van der Waals surface area contributed by atoms with Crippen LogP contribution in [-0.4, -0.2) is 12.1 Å². The van der Waals surface area contributed by atoms with Crippen molar-refractivity contribution in [2.75, 3.05) is 5.32 Å². The molecular formula is C16H11NO3. The normalized spacial score (nSPS) is 19.1. The maximum atomic E-state index is 12.5. The zero-order valence-electron chi connectivity index (χ0n) is 10.5. The maximum absolute atomic E-state index is 12.5. The van der Waals surface area contributed by atoms with E-state index >= 15 is 0 Å². The maximum Gasteiger partial charge on any atom is 0.272 e. The molecular weight excluding hydrogens is 254 g/mol. The molecule has 4 nitrogen and oxygen atoms in total. The molecule has 98 valence electrons. The molecule has 2 aliphatic rings. The number of hydrogen-bond acceptors (Lipinski definition) is 4. The van der Waals surface area contributed by atoms with Crippen molar-refractivity contribution in [3.05, 3.63) is 65.9 Å². The second-order valence-corrected chi connectivity index (χ2v) is 4.63. The predicted molar refractivity (Wildman–Crippen MR) is 74.0 cm³/mol. The first-order valence-electron chi connectivity index (χ1n) is 6.35. The zero-order chi connectivity index (χ0) is 13.5. The Morgan fingerprint density at radius 3 is 2.50 bits per heavy atom. The topological polar surface area (TPSA) is 47.6 Å². The summed E-state index contributed by atoms with van der Waals surface area (Å²) in [6.45, 7) is 0. The van der Waals surface area contributed by atoms with E-state index in [-0.39, 0.29) is 5.78 Å². The summed E-state index contributed by atoms with van der Waals surface area (Å²) in [4.78, 5) is 12.5. The van der Waals surface area contributed by atoms with Gasteiger partial charge in [-0.1, -0.05) is 24.3 Å². The van der Waals surface area contributed by atoms with Crippen molar-refractivity contribution < 1.29 is 14.3 Å². The van der Waals surface area contributed by atoms with Crippen molar-refractivity contribution in [3.8, 4) is 11.5 Å². The number of fused-ring (bicyclic) bond motifs is 3. The molecule has 4 heteroatoms. The molecule has 1 N–H and O–H groups in total. The van der Waals surface area contributed by atoms with Gasteiger partial charge in [0.15, 0.2) is 0 Å². The Bertz CT molecular complexity index is 736. The lowest BCUT2D eigenvalue weighted by Gasteiger charge is -2.26. The standard InChI is InChI=1S/C16H11NO3/c18-15-10-5-1-3-7-13(10)19-16-11(15)9-17-12-6-2-4-8-14(12)20-16/h1-9,16-17H. The molecule has 0 radical (unpaired) electrons. The van der Waals surface area contributed by atoms with Crippen molar-refractivity contribution in [1.82, 2.24) is 0 Å². The van der Waals surface area contributed by atoms with E-state index in [0.717, 1.165) is 5.69 Å². The lowest BCUT2D eigenvalue weighted by molar-refractivity contribution is 0.0290. The van der Waals surface area contributed by atoms with E-state index in [1.165, 1.54) is 0 Å². The van der Waals surface area contributed by atoms with Crippen LogP contribution in [0.15, 0.2) is 60.3 Å². The molecule has 0 aromatic heterocycles. The Balaban J connectivity index is 1.81. The van der Waals surface area contributed by atoms with E-state index in [0.29, 0.717) is 22.6 Å². The van der Waals surface area contributed by atoms with Crippen molar-refractivity contribution in [3.63, 3.8) is 0 Å². The lowest BCUT2D eigenvalue weighted by atomic mass is 10.00. The summed E-state index contributed by atoms with van der Waals surface area (Å²) in [5, 5.41) is 3.10. The van der Waals surface area contributed by atoms with Gasteiger partial charge in [0, 0.05) is 6.20 Å². The minimum absolute atomic E-state index is 0.0721. The number of hydrogen-bond donors (Lipinski definition) is 1. The second-order valence-electron chi connectivity index (χ2n) is 4.63. The number of rotatable bonds is 0. The van der Waals surface area contributed by atoms with Crippen molar-refractivity contribution >= 4 is 11.5 Å². The Morgan fingerprint density at radius 1 is 0.900 bits per heavy atom. The quantitative estimate of drug-likeness (QED) is 0.795. The fraction of sp³-hybridized carbons (Fsp3) is 0.0625. The highest BCUT2D eigenvalue weighted by Gasteiger charge is 2.34. The molecule has 0 aliphatic carbocycles. The molecule has 0 saturated heterocycles. The summed E-state index contributed by atoms with van der Waals surface area (Å²) >= 11 is 0. The van der Waals surface area contributed by atoms with Crippen LogP contribution in [-0.2, 0) is 0 Å². The largest absolute Gasteiger partial charge is 0.450 e. The number of carbonyl (C=O) groups excluding carboxylic acids is 1. The van der Waals surface area contributed by atoms with Crippen molar-refractivity contribution in [2.24, 2.45) is 0 Å². The molecule has 2 heterocycles. The molecule has 2 aromatic carbocycles. The predicted octanol–water partition coefficient (Wildman–Crippen LogP) is 2.98. The molecule has 1 atom stereocenters. The van der Waals surface area contributed by atoms with Crippen LogP contribution in [0.25, 0.3) is 0 Å². The minimum atomic E-state index is -0.714. The van der Waals surface area contributed by atoms with Gasteiger partial charge in [0.2, 0.25) is 5.78 Å². The fourth-order valence-electron chi connectivity index (χ4n) is 2.38. The summed E-state index contributed by atoms with van der Waals surface area (Å²) < 4.78 is 11.6. The smallest absolute Gasteiger partial charge is 0.272 e. The number of anilines is 1. The molecule has 2 aromatic rings. The Kier molecular flexibility index (Phi) is 2.29. The number of benzene rings is 2. The Hall–Kier alpha value is -2.75. The van der Waals surface area contributed by atoms with Crippen molar-refractivity contribution in [2.45, 2.75) is 6.29 Å². The first-order chi connectivity index (χ1) is 9.83. The van der Waals surface area contributed by atoms with Crippen molar-refractivity contribution in [1.29, 1.82) is 0 Å². The van der Waals surface area contributed by atoms with E-state index in [4.69, 9.17) is 9.47 Å². The van der Waals surface area contributed by atoms with Gasteiger partial charge in [0.05, 0.1) is 16.8 Å². The number of ether oxygens (including phenoxy) is 2. The third-order valence-corrected chi connectivity index (χ3v) is 3.39. The highest BCUT2D eigenvalue weighted by atomic mass is 16.7. The van der Waals surface area contributed by atoms with Crippen LogP contribution in [0.3, 0.4) is 0 Å². The van der Waals surface area contributed by atoms with Crippen LogP contribution in [0.4, 0.5) is 5.69 Å². The molecule has 20 heavy (non-hydrogen) atoms. The molecule has 1 unspecified atom stereocenters. The van der Waals surface area contributed by atoms with Crippen LogP contribution in [0.1, 0.15) is 10.4 Å². The summed E-state index contributed by atoms with van der Waals surface area (Å²) in [6.07, 6.45) is 0.947. The monoisotopic (exact) mass is 265 g/mol. The summed E-state index contributed by atoms with van der Waals surface area (Å²) in [5.41, 5.74) is 1.85. The van der Waals surface area contributed by atoms with E-state index in [1.54, 1.807) is 18.3 Å². The average Bonchev–Trinajstić information content (AvgIpc) is 2.66. The van der Waals surface area contributed by atoms with Gasteiger partial charge < -0.3 is 14.8 Å². The SMILES string of the molecule is O=C1C2=CNc3ccccc3OC2Oc2ccccc21. The number of ketones is 1. The Morgan fingerprint density at radius 2 is 1.60 bits per heavy atom. The third kappa shape index (κ3) is 1.58. The summed E-state index contributed by atoms with van der Waals surface area (Å²) in [6, 6.07) is 14.7. The van der Waals surface area contributed by atoms with E-state index in [2.05, 4.69) is 5.32 Å². The van der Waals surface area contributed by atoms with Crippen LogP contribution in [0, 0.1) is 0 Å². The number of nitrogens with one attached hydrogen (secondary N) is 1. The zero-order valence-corrected chi connectivity index (χ0v) is 10.5. The van der Waals surface area contributed by atoms with Gasteiger partial charge in [-0.3, -0.25) is 4.79 Å².